The van der Waals surface area contributed by atoms with Gasteiger partial charge in [-0.25, -0.2) is 4.98 Å². The maximum Gasteiger partial charge on any atom is 0.294 e. The third kappa shape index (κ3) is 4.13. The minimum Gasteiger partial charge on any atom is -0.342 e. The van der Waals surface area contributed by atoms with Crippen molar-refractivity contribution in [3.63, 3.8) is 0 Å². The fourth-order valence-corrected chi connectivity index (χ4v) is 9.48. The number of hydrogen-bond donors (Lipinski definition) is 0. The van der Waals surface area contributed by atoms with E-state index in [0.29, 0.717) is 17.9 Å². The third-order valence-electron chi connectivity index (χ3n) is 11.1. The van der Waals surface area contributed by atoms with Gasteiger partial charge in [0.05, 0.1) is 17.1 Å². The molecule has 0 radical (unpaired) electrons. The topological polar surface area (TPSA) is 58.4 Å². The molecule has 1 aromatic carbocycles. The first-order chi connectivity index (χ1) is 18.5. The number of carbonyl (C=O) groups excluding carboxylic acids is 1. The maximum atomic E-state index is 14.1. The minimum atomic E-state index is -0.205. The summed E-state index contributed by atoms with van der Waals surface area (Å²) in [6.07, 6.45) is 15.3. The predicted octanol–water partition coefficient (Wildman–Crippen LogP) is 5.73. The molecule has 5 aliphatic rings. The van der Waals surface area contributed by atoms with Crippen LogP contribution < -0.4 is 10.5 Å². The molecule has 204 valence electrons. The van der Waals surface area contributed by atoms with E-state index in [2.05, 4.69) is 22.5 Å². The Hall–Kier alpha value is -2.21. The Morgan fingerprint density at radius 1 is 0.895 bits per heavy atom. The zero-order valence-corrected chi connectivity index (χ0v) is 23.2. The van der Waals surface area contributed by atoms with Crippen molar-refractivity contribution in [3.05, 3.63) is 34.6 Å². The van der Waals surface area contributed by atoms with Crippen LogP contribution >= 0.6 is 0 Å². The number of Topliss-reactive ketones (excluding diaryl/α,β-unsaturated/α-hetero) is 1. The summed E-state index contributed by atoms with van der Waals surface area (Å²) in [5.41, 5.74) is 1.83. The Balaban J connectivity index is 1.20. The van der Waals surface area contributed by atoms with Crippen LogP contribution in [0.15, 0.2) is 29.1 Å². The van der Waals surface area contributed by atoms with E-state index in [1.54, 1.807) is 6.92 Å². The molecule has 0 N–H and O–H groups in total. The fraction of sp³-hybridized carbons (Fsp3) is 0.719. The number of piperidine rings is 2. The average Bonchev–Trinajstić information content (AvgIpc) is 2.87. The van der Waals surface area contributed by atoms with E-state index in [-0.39, 0.29) is 23.4 Å². The first-order valence-corrected chi connectivity index (χ1v) is 15.6. The molecule has 8 atom stereocenters. The number of benzene rings is 1. The van der Waals surface area contributed by atoms with Crippen molar-refractivity contribution in [1.29, 1.82) is 0 Å². The van der Waals surface area contributed by atoms with Crippen molar-refractivity contribution >= 4 is 22.6 Å². The third-order valence-corrected chi connectivity index (χ3v) is 11.1. The molecule has 3 aliphatic heterocycles. The Kier molecular flexibility index (Phi) is 6.37. The van der Waals surface area contributed by atoms with E-state index in [4.69, 9.17) is 4.98 Å². The molecule has 2 aromatic rings. The van der Waals surface area contributed by atoms with Crippen LogP contribution in [-0.4, -0.2) is 50.9 Å². The van der Waals surface area contributed by atoms with Crippen molar-refractivity contribution in [2.45, 2.75) is 121 Å². The smallest absolute Gasteiger partial charge is 0.294 e. The molecule has 1 aromatic heterocycles. The molecular formula is C32H44N4O2. The minimum absolute atomic E-state index is 0.00368. The Bertz CT molecular complexity index is 1240. The lowest BCUT2D eigenvalue weighted by atomic mass is 9.64. The van der Waals surface area contributed by atoms with Crippen molar-refractivity contribution in [2.75, 3.05) is 11.4 Å². The zero-order chi connectivity index (χ0) is 26.0. The van der Waals surface area contributed by atoms with E-state index in [0.717, 1.165) is 60.6 Å². The summed E-state index contributed by atoms with van der Waals surface area (Å²) in [5.74, 6) is 3.42. The van der Waals surface area contributed by atoms with Gasteiger partial charge in [-0.3, -0.25) is 14.5 Å². The maximum absolute atomic E-state index is 14.1. The van der Waals surface area contributed by atoms with Gasteiger partial charge in [0, 0.05) is 30.7 Å². The number of ketones is 1. The highest BCUT2D eigenvalue weighted by molar-refractivity contribution is 5.87. The zero-order valence-electron chi connectivity index (χ0n) is 23.2. The predicted molar refractivity (Wildman–Crippen MR) is 152 cm³/mol. The standard InChI is InChI=1S/C32H44N4O2/c1-3-21-13-22-15-23(14-21)17-26(16-22)35-24-7-6-8-25(35)19-27(18-24)36-30-10-5-4-9-28(30)33-31(32(36)38)34-12-11-29(34)20(2)37/h4-5,9-10,21-27,29H,3,6-8,11-19H2,1-2H3/t21-,22-,23+,24-,25+,26+,27+,29-/m1/s1. The second kappa shape index (κ2) is 9.76. The molecule has 7 rings (SSSR count). The summed E-state index contributed by atoms with van der Waals surface area (Å²) in [7, 11) is 0. The highest BCUT2D eigenvalue weighted by atomic mass is 16.1. The van der Waals surface area contributed by atoms with Gasteiger partial charge in [0.15, 0.2) is 11.6 Å². The van der Waals surface area contributed by atoms with Crippen molar-refractivity contribution in [3.8, 4) is 0 Å². The molecule has 38 heavy (non-hydrogen) atoms. The summed E-state index contributed by atoms with van der Waals surface area (Å²) in [6, 6.07) is 10.0. The van der Waals surface area contributed by atoms with Gasteiger partial charge in [-0.15, -0.1) is 0 Å². The SMILES string of the molecule is CC[C@@H]1C[C@@H]2C[C@H](C1)C[C@@H](N1[C@@H]3CCC[C@H]1C[C@@H](n1c(=O)c(N4CC[C@@H]4C(C)=O)nc4ccccc41)C3)C2. The second-order valence-corrected chi connectivity index (χ2v) is 13.4. The van der Waals surface area contributed by atoms with Gasteiger partial charge in [0.25, 0.3) is 5.56 Å². The number of fused-ring (bicyclic) bond motifs is 5. The van der Waals surface area contributed by atoms with Gasteiger partial charge in [0.2, 0.25) is 0 Å². The van der Waals surface area contributed by atoms with Crippen molar-refractivity contribution < 1.29 is 4.79 Å². The summed E-state index contributed by atoms with van der Waals surface area (Å²) >= 11 is 0. The summed E-state index contributed by atoms with van der Waals surface area (Å²) in [4.78, 5) is 36.1. The molecule has 6 nitrogen and oxygen atoms in total. The van der Waals surface area contributed by atoms with Crippen LogP contribution in [0.2, 0.25) is 0 Å². The van der Waals surface area contributed by atoms with Crippen molar-refractivity contribution in [2.24, 2.45) is 17.8 Å². The van der Waals surface area contributed by atoms with E-state index in [1.807, 2.05) is 23.1 Å². The van der Waals surface area contributed by atoms with Crippen molar-refractivity contribution in [1.82, 2.24) is 14.5 Å². The Morgan fingerprint density at radius 3 is 2.24 bits per heavy atom. The van der Waals surface area contributed by atoms with Gasteiger partial charge in [-0.05, 0) is 101 Å². The van der Waals surface area contributed by atoms with Crippen LogP contribution in [0.25, 0.3) is 11.0 Å². The molecule has 0 spiro atoms. The number of para-hydroxylation sites is 2. The summed E-state index contributed by atoms with van der Waals surface area (Å²) in [6.45, 7) is 4.75. The van der Waals surface area contributed by atoms with Gasteiger partial charge in [0.1, 0.15) is 0 Å². The quantitative estimate of drug-likeness (QED) is 0.508. The highest BCUT2D eigenvalue weighted by Crippen LogP contribution is 2.49. The fourth-order valence-electron chi connectivity index (χ4n) is 9.48. The van der Waals surface area contributed by atoms with Crippen LogP contribution in [0.3, 0.4) is 0 Å². The number of anilines is 1. The van der Waals surface area contributed by atoms with Crippen LogP contribution in [0, 0.1) is 17.8 Å². The molecule has 5 fully saturated rings. The first-order valence-electron chi connectivity index (χ1n) is 15.6. The van der Waals surface area contributed by atoms with E-state index < -0.39 is 0 Å². The number of aromatic nitrogens is 2. The largest absolute Gasteiger partial charge is 0.342 e. The molecule has 2 saturated carbocycles. The summed E-state index contributed by atoms with van der Waals surface area (Å²) < 4.78 is 2.09. The first kappa shape index (κ1) is 24.8. The Labute approximate surface area is 226 Å². The van der Waals surface area contributed by atoms with Gasteiger partial charge in [-0.2, -0.15) is 0 Å². The molecule has 4 heterocycles. The number of carbonyl (C=O) groups is 1. The normalized spacial score (nSPS) is 37.2. The van der Waals surface area contributed by atoms with E-state index in [9.17, 15) is 9.59 Å². The number of rotatable bonds is 5. The molecule has 6 heteroatoms. The lowest BCUT2D eigenvalue weighted by molar-refractivity contribution is -0.119. The average molecular weight is 517 g/mol. The lowest BCUT2D eigenvalue weighted by Gasteiger charge is -2.56. The molecule has 4 bridgehead atoms. The summed E-state index contributed by atoms with van der Waals surface area (Å²) in [5, 5.41) is 0. The lowest BCUT2D eigenvalue weighted by Crippen LogP contribution is -2.59. The van der Waals surface area contributed by atoms with Gasteiger partial charge < -0.3 is 9.47 Å². The highest BCUT2D eigenvalue weighted by Gasteiger charge is 2.46. The number of hydrogen-bond acceptors (Lipinski definition) is 5. The monoisotopic (exact) mass is 516 g/mol. The van der Waals surface area contributed by atoms with Gasteiger partial charge >= 0.3 is 0 Å². The molecule has 0 unspecified atom stereocenters. The van der Waals surface area contributed by atoms with Crippen LogP contribution in [0.1, 0.15) is 96.9 Å². The second-order valence-electron chi connectivity index (χ2n) is 13.4. The van der Waals surface area contributed by atoms with E-state index in [1.165, 1.54) is 57.8 Å². The van der Waals surface area contributed by atoms with Crippen LogP contribution in [0.5, 0.6) is 0 Å². The number of nitrogens with zero attached hydrogens (tertiary/aromatic N) is 4. The molecular weight excluding hydrogens is 472 g/mol. The van der Waals surface area contributed by atoms with Crippen LogP contribution in [-0.2, 0) is 4.79 Å². The van der Waals surface area contributed by atoms with Gasteiger partial charge in [-0.1, -0.05) is 31.9 Å². The molecule has 3 saturated heterocycles. The Morgan fingerprint density at radius 2 is 1.61 bits per heavy atom. The van der Waals surface area contributed by atoms with E-state index >= 15 is 0 Å². The molecule has 2 aliphatic carbocycles. The molecule has 0 amide bonds. The van der Waals surface area contributed by atoms with Crippen LogP contribution in [0.4, 0.5) is 5.82 Å².